The summed E-state index contributed by atoms with van der Waals surface area (Å²) in [5.74, 6) is 0.547. The SMILES string of the molecule is COc1ccc(-c2ccc(S[C@H]3O[C@H](CO)[C@@H](O)[C@H](O)[C@@H]3O)c(C)c2)cn1. The summed E-state index contributed by atoms with van der Waals surface area (Å²) in [5.41, 5.74) is 2.10. The van der Waals surface area contributed by atoms with Crippen molar-refractivity contribution in [1.29, 1.82) is 0 Å². The number of pyridine rings is 1. The predicted octanol–water partition coefficient (Wildman–Crippen LogP) is 0.958. The summed E-state index contributed by atoms with van der Waals surface area (Å²) in [6, 6.07) is 9.55. The van der Waals surface area contributed by atoms with Crippen molar-refractivity contribution in [3.63, 3.8) is 0 Å². The molecule has 2 heterocycles. The van der Waals surface area contributed by atoms with Gasteiger partial charge in [0.25, 0.3) is 0 Å². The van der Waals surface area contributed by atoms with E-state index < -0.39 is 36.5 Å². The molecule has 27 heavy (non-hydrogen) atoms. The van der Waals surface area contributed by atoms with Crippen LogP contribution in [-0.2, 0) is 4.74 Å². The second kappa shape index (κ2) is 8.55. The number of aryl methyl sites for hydroxylation is 1. The van der Waals surface area contributed by atoms with Gasteiger partial charge in [-0.25, -0.2) is 4.98 Å². The molecule has 3 rings (SSSR count). The van der Waals surface area contributed by atoms with E-state index in [2.05, 4.69) is 4.98 Å². The van der Waals surface area contributed by atoms with Crippen molar-refractivity contribution in [3.05, 3.63) is 42.1 Å². The monoisotopic (exact) mass is 393 g/mol. The minimum atomic E-state index is -1.38. The van der Waals surface area contributed by atoms with Gasteiger partial charge in [-0.1, -0.05) is 23.9 Å². The number of methoxy groups -OCH3 is 1. The molecule has 0 spiro atoms. The molecular formula is C19H23NO6S. The van der Waals surface area contributed by atoms with E-state index in [-0.39, 0.29) is 0 Å². The molecule has 1 aromatic heterocycles. The molecule has 4 N–H and O–H groups in total. The lowest BCUT2D eigenvalue weighted by Crippen LogP contribution is -2.57. The Bertz CT molecular complexity index is 769. The van der Waals surface area contributed by atoms with E-state index in [4.69, 9.17) is 9.47 Å². The number of aliphatic hydroxyl groups excluding tert-OH is 4. The number of hydrogen-bond acceptors (Lipinski definition) is 8. The first-order chi connectivity index (χ1) is 12.9. The van der Waals surface area contributed by atoms with E-state index in [1.165, 1.54) is 11.8 Å². The minimum absolute atomic E-state index is 0.440. The highest BCUT2D eigenvalue weighted by Gasteiger charge is 2.43. The fourth-order valence-corrected chi connectivity index (χ4v) is 4.06. The summed E-state index contributed by atoms with van der Waals surface area (Å²) in [7, 11) is 1.57. The van der Waals surface area contributed by atoms with E-state index in [1.54, 1.807) is 19.4 Å². The third-order valence-corrected chi connectivity index (χ3v) is 5.88. The Morgan fingerprint density at radius 3 is 2.41 bits per heavy atom. The van der Waals surface area contributed by atoms with Crippen molar-refractivity contribution in [2.45, 2.75) is 41.7 Å². The quantitative estimate of drug-likeness (QED) is 0.594. The van der Waals surface area contributed by atoms with E-state index in [0.29, 0.717) is 5.88 Å². The van der Waals surface area contributed by atoms with Gasteiger partial charge >= 0.3 is 0 Å². The zero-order valence-electron chi connectivity index (χ0n) is 15.0. The topological polar surface area (TPSA) is 112 Å². The van der Waals surface area contributed by atoms with Gasteiger partial charge in [0.05, 0.1) is 13.7 Å². The first kappa shape index (κ1) is 20.1. The molecule has 0 bridgehead atoms. The van der Waals surface area contributed by atoms with Crippen LogP contribution in [0.25, 0.3) is 11.1 Å². The predicted molar refractivity (Wildman–Crippen MR) is 101 cm³/mol. The molecule has 7 nitrogen and oxygen atoms in total. The number of rotatable bonds is 5. The number of benzene rings is 1. The zero-order valence-corrected chi connectivity index (χ0v) is 15.8. The van der Waals surface area contributed by atoms with Crippen LogP contribution >= 0.6 is 11.8 Å². The normalized spacial score (nSPS) is 28.1. The number of hydrogen-bond donors (Lipinski definition) is 4. The number of thioether (sulfide) groups is 1. The molecule has 146 valence electrons. The Labute approximate surface area is 161 Å². The summed E-state index contributed by atoms with van der Waals surface area (Å²) >= 11 is 1.24. The molecule has 2 aromatic rings. The zero-order chi connectivity index (χ0) is 19.6. The molecule has 0 amide bonds. The molecule has 5 atom stereocenters. The van der Waals surface area contributed by atoms with Crippen molar-refractivity contribution in [2.75, 3.05) is 13.7 Å². The third-order valence-electron chi connectivity index (χ3n) is 4.55. The smallest absolute Gasteiger partial charge is 0.212 e. The van der Waals surface area contributed by atoms with Gasteiger partial charge in [-0.05, 0) is 30.2 Å². The Kier molecular flexibility index (Phi) is 6.36. The van der Waals surface area contributed by atoms with Gasteiger partial charge in [0.2, 0.25) is 5.88 Å². The van der Waals surface area contributed by atoms with Crippen LogP contribution in [0.3, 0.4) is 0 Å². The van der Waals surface area contributed by atoms with Crippen LogP contribution in [0.1, 0.15) is 5.56 Å². The van der Waals surface area contributed by atoms with Gasteiger partial charge in [0.1, 0.15) is 29.9 Å². The van der Waals surface area contributed by atoms with Gasteiger partial charge in [-0.15, -0.1) is 0 Å². The highest BCUT2D eigenvalue weighted by atomic mass is 32.2. The van der Waals surface area contributed by atoms with E-state index in [1.807, 2.05) is 31.2 Å². The van der Waals surface area contributed by atoms with Crippen LogP contribution in [0.15, 0.2) is 41.4 Å². The maximum absolute atomic E-state index is 10.2. The Balaban J connectivity index is 1.77. The maximum Gasteiger partial charge on any atom is 0.212 e. The molecule has 0 radical (unpaired) electrons. The lowest BCUT2D eigenvalue weighted by molar-refractivity contribution is -0.205. The second-order valence-electron chi connectivity index (χ2n) is 6.38. The van der Waals surface area contributed by atoms with Gasteiger partial charge in [-0.2, -0.15) is 0 Å². The van der Waals surface area contributed by atoms with E-state index in [9.17, 15) is 20.4 Å². The molecule has 1 aliphatic rings. The van der Waals surface area contributed by atoms with Crippen molar-refractivity contribution in [3.8, 4) is 17.0 Å². The Morgan fingerprint density at radius 1 is 1.07 bits per heavy atom. The van der Waals surface area contributed by atoms with Gasteiger partial charge < -0.3 is 29.9 Å². The van der Waals surface area contributed by atoms with Crippen molar-refractivity contribution in [1.82, 2.24) is 4.98 Å². The fourth-order valence-electron chi connectivity index (χ4n) is 2.92. The summed E-state index contributed by atoms with van der Waals surface area (Å²) in [5, 5.41) is 39.3. The summed E-state index contributed by atoms with van der Waals surface area (Å²) in [6.45, 7) is 1.50. The lowest BCUT2D eigenvalue weighted by atomic mass is 10.0. The number of aliphatic hydroxyl groups is 4. The first-order valence-electron chi connectivity index (χ1n) is 8.53. The van der Waals surface area contributed by atoms with Gasteiger partial charge in [0, 0.05) is 22.7 Å². The molecule has 1 fully saturated rings. The fraction of sp³-hybridized carbons (Fsp3) is 0.421. The number of nitrogens with zero attached hydrogens (tertiary/aromatic N) is 1. The summed E-state index contributed by atoms with van der Waals surface area (Å²) < 4.78 is 10.6. The average molecular weight is 393 g/mol. The molecule has 0 saturated carbocycles. The number of ether oxygens (including phenoxy) is 2. The van der Waals surface area contributed by atoms with Crippen LogP contribution in [0.5, 0.6) is 5.88 Å². The average Bonchev–Trinajstić information content (AvgIpc) is 2.69. The summed E-state index contributed by atoms with van der Waals surface area (Å²) in [6.07, 6.45) is -3.17. The molecule has 1 aromatic carbocycles. The van der Waals surface area contributed by atoms with Crippen LogP contribution < -0.4 is 4.74 Å². The first-order valence-corrected chi connectivity index (χ1v) is 9.40. The molecule has 0 unspecified atom stereocenters. The van der Waals surface area contributed by atoms with Crippen molar-refractivity contribution < 1.29 is 29.9 Å². The standard InChI is InChI=1S/C19H23NO6S/c1-10-7-11(12-4-6-15(25-2)20-8-12)3-5-14(10)27-19-18(24)17(23)16(22)13(9-21)26-19/h3-8,13,16-19,21-24H,9H2,1-2H3/t13-,16-,17+,18+,19-/m1/s1. The molecular weight excluding hydrogens is 370 g/mol. The third kappa shape index (κ3) is 4.26. The van der Waals surface area contributed by atoms with Gasteiger partial charge in [-0.3, -0.25) is 0 Å². The van der Waals surface area contributed by atoms with Crippen molar-refractivity contribution in [2.24, 2.45) is 0 Å². The molecule has 0 aliphatic carbocycles. The second-order valence-corrected chi connectivity index (χ2v) is 7.52. The van der Waals surface area contributed by atoms with Crippen LogP contribution in [0, 0.1) is 6.92 Å². The van der Waals surface area contributed by atoms with E-state index in [0.717, 1.165) is 21.6 Å². The van der Waals surface area contributed by atoms with Crippen LogP contribution in [0.2, 0.25) is 0 Å². The minimum Gasteiger partial charge on any atom is -0.481 e. The Hall–Kier alpha value is -1.68. The molecule has 8 heteroatoms. The Morgan fingerprint density at radius 2 is 1.81 bits per heavy atom. The van der Waals surface area contributed by atoms with Gasteiger partial charge in [0.15, 0.2) is 0 Å². The number of aromatic nitrogens is 1. The van der Waals surface area contributed by atoms with Crippen LogP contribution in [-0.4, -0.2) is 69.0 Å². The largest absolute Gasteiger partial charge is 0.481 e. The van der Waals surface area contributed by atoms with Crippen LogP contribution in [0.4, 0.5) is 0 Å². The highest BCUT2D eigenvalue weighted by Crippen LogP contribution is 2.36. The molecule has 1 saturated heterocycles. The summed E-state index contributed by atoms with van der Waals surface area (Å²) in [4.78, 5) is 5.07. The van der Waals surface area contributed by atoms with E-state index >= 15 is 0 Å². The lowest BCUT2D eigenvalue weighted by Gasteiger charge is -2.39. The van der Waals surface area contributed by atoms with Crippen molar-refractivity contribution >= 4 is 11.8 Å². The molecule has 1 aliphatic heterocycles. The highest BCUT2D eigenvalue weighted by molar-refractivity contribution is 7.99. The maximum atomic E-state index is 10.2.